The van der Waals surface area contributed by atoms with Gasteiger partial charge in [0.2, 0.25) is 0 Å². The lowest BCUT2D eigenvalue weighted by Crippen LogP contribution is -2.41. The molecule has 90 valence electrons. The standard InChI is InChI=1S/C14H30N/c1-6-8-9-10-12-15(4,5)13-11-14(3)7-2/h9-10,14H,6-8,11-13H2,1-5H3/q+1/b10-9+. The zero-order valence-electron chi connectivity index (χ0n) is 11.4. The molecule has 0 aliphatic rings. The number of rotatable bonds is 8. The summed E-state index contributed by atoms with van der Waals surface area (Å²) in [5, 5.41) is 0. The summed E-state index contributed by atoms with van der Waals surface area (Å²) in [6.45, 7) is 9.34. The van der Waals surface area contributed by atoms with E-state index in [9.17, 15) is 0 Å². The van der Waals surface area contributed by atoms with Crippen LogP contribution >= 0.6 is 0 Å². The maximum Gasteiger partial charge on any atom is 0.0969 e. The Balaban J connectivity index is 3.75. The Morgan fingerprint density at radius 1 is 1.13 bits per heavy atom. The molecule has 1 unspecified atom stereocenters. The Labute approximate surface area is 96.8 Å². The highest BCUT2D eigenvalue weighted by Gasteiger charge is 2.13. The summed E-state index contributed by atoms with van der Waals surface area (Å²) in [6.07, 6.45) is 9.82. The number of hydrogen-bond acceptors (Lipinski definition) is 0. The molecule has 0 aromatic carbocycles. The van der Waals surface area contributed by atoms with Crippen molar-refractivity contribution in [3.63, 3.8) is 0 Å². The van der Waals surface area contributed by atoms with Crippen LogP contribution < -0.4 is 0 Å². The van der Waals surface area contributed by atoms with E-state index in [0.717, 1.165) is 10.4 Å². The van der Waals surface area contributed by atoms with E-state index < -0.39 is 0 Å². The van der Waals surface area contributed by atoms with E-state index in [1.165, 1.54) is 38.8 Å². The zero-order valence-corrected chi connectivity index (χ0v) is 11.4. The SMILES string of the molecule is CCC/C=C/C[N+](C)(C)CCC(C)CC. The summed E-state index contributed by atoms with van der Waals surface area (Å²) in [5.74, 6) is 0.877. The predicted molar refractivity (Wildman–Crippen MR) is 70.0 cm³/mol. The second kappa shape index (κ2) is 7.92. The fraction of sp³-hybridized carbons (Fsp3) is 0.857. The molecule has 0 saturated heterocycles. The molecule has 0 radical (unpaired) electrons. The molecule has 0 N–H and O–H groups in total. The summed E-state index contributed by atoms with van der Waals surface area (Å²) in [4.78, 5) is 0. The molecule has 0 heterocycles. The zero-order chi connectivity index (χ0) is 11.7. The van der Waals surface area contributed by atoms with E-state index in [1.54, 1.807) is 0 Å². The molecule has 0 aromatic rings. The van der Waals surface area contributed by atoms with Crippen molar-refractivity contribution in [1.82, 2.24) is 0 Å². The van der Waals surface area contributed by atoms with Gasteiger partial charge in [-0.05, 0) is 24.8 Å². The van der Waals surface area contributed by atoms with Crippen LogP contribution in [0.1, 0.15) is 46.5 Å². The topological polar surface area (TPSA) is 0 Å². The highest BCUT2D eigenvalue weighted by molar-refractivity contribution is 4.80. The first-order valence-corrected chi connectivity index (χ1v) is 6.48. The number of quaternary nitrogens is 1. The third-order valence-electron chi connectivity index (χ3n) is 3.15. The average molecular weight is 212 g/mol. The molecule has 0 rings (SSSR count). The minimum atomic E-state index is 0.877. The minimum absolute atomic E-state index is 0.877. The normalized spacial score (nSPS) is 14.7. The molecular weight excluding hydrogens is 182 g/mol. The van der Waals surface area contributed by atoms with Gasteiger partial charge in [0.15, 0.2) is 0 Å². The van der Waals surface area contributed by atoms with Gasteiger partial charge < -0.3 is 4.48 Å². The quantitative estimate of drug-likeness (QED) is 0.423. The van der Waals surface area contributed by atoms with Gasteiger partial charge in [0, 0.05) is 0 Å². The van der Waals surface area contributed by atoms with Gasteiger partial charge in [0.25, 0.3) is 0 Å². The molecule has 1 heteroatoms. The number of allylic oxidation sites excluding steroid dienone is 1. The van der Waals surface area contributed by atoms with Crippen molar-refractivity contribution in [3.05, 3.63) is 12.2 Å². The Hall–Kier alpha value is -0.300. The van der Waals surface area contributed by atoms with Crippen molar-refractivity contribution >= 4 is 0 Å². The van der Waals surface area contributed by atoms with E-state index in [0.29, 0.717) is 0 Å². The fourth-order valence-electron chi connectivity index (χ4n) is 1.51. The summed E-state index contributed by atoms with van der Waals surface area (Å²) in [6, 6.07) is 0. The van der Waals surface area contributed by atoms with Crippen LogP contribution in [-0.4, -0.2) is 31.7 Å². The van der Waals surface area contributed by atoms with Crippen molar-refractivity contribution < 1.29 is 4.48 Å². The van der Waals surface area contributed by atoms with Crippen LogP contribution in [0.15, 0.2) is 12.2 Å². The maximum atomic E-state index is 2.35. The molecule has 0 aliphatic carbocycles. The molecule has 0 amide bonds. The van der Waals surface area contributed by atoms with Crippen LogP contribution in [-0.2, 0) is 0 Å². The van der Waals surface area contributed by atoms with Gasteiger partial charge in [-0.3, -0.25) is 0 Å². The van der Waals surface area contributed by atoms with Gasteiger partial charge in [-0.25, -0.2) is 0 Å². The Bertz CT molecular complexity index is 170. The third-order valence-corrected chi connectivity index (χ3v) is 3.15. The Morgan fingerprint density at radius 2 is 1.80 bits per heavy atom. The van der Waals surface area contributed by atoms with Crippen LogP contribution in [0.25, 0.3) is 0 Å². The first-order chi connectivity index (χ1) is 7.02. The van der Waals surface area contributed by atoms with Crippen molar-refractivity contribution in [2.45, 2.75) is 46.5 Å². The lowest BCUT2D eigenvalue weighted by atomic mass is 10.0. The van der Waals surface area contributed by atoms with Gasteiger partial charge in [-0.2, -0.15) is 0 Å². The molecular formula is C14H30N+. The van der Waals surface area contributed by atoms with Crippen LogP contribution in [0.2, 0.25) is 0 Å². The van der Waals surface area contributed by atoms with Crippen molar-refractivity contribution in [2.75, 3.05) is 27.2 Å². The maximum absolute atomic E-state index is 2.35. The molecule has 0 aromatic heterocycles. The number of unbranched alkanes of at least 4 members (excludes halogenated alkanes) is 1. The monoisotopic (exact) mass is 212 g/mol. The number of nitrogens with zero attached hydrogens (tertiary/aromatic N) is 1. The largest absolute Gasteiger partial charge is 0.325 e. The molecule has 0 bridgehead atoms. The van der Waals surface area contributed by atoms with Crippen LogP contribution in [0.4, 0.5) is 0 Å². The smallest absolute Gasteiger partial charge is 0.0969 e. The fourth-order valence-corrected chi connectivity index (χ4v) is 1.51. The van der Waals surface area contributed by atoms with Gasteiger partial charge in [0.05, 0.1) is 27.2 Å². The van der Waals surface area contributed by atoms with Crippen molar-refractivity contribution in [1.29, 1.82) is 0 Å². The highest BCUT2D eigenvalue weighted by atomic mass is 15.3. The van der Waals surface area contributed by atoms with Gasteiger partial charge in [-0.15, -0.1) is 0 Å². The van der Waals surface area contributed by atoms with E-state index in [-0.39, 0.29) is 0 Å². The highest BCUT2D eigenvalue weighted by Crippen LogP contribution is 2.10. The van der Waals surface area contributed by atoms with Gasteiger partial charge >= 0.3 is 0 Å². The molecule has 0 saturated carbocycles. The van der Waals surface area contributed by atoms with Gasteiger partial charge in [0.1, 0.15) is 0 Å². The average Bonchev–Trinajstić information content (AvgIpc) is 2.21. The second-order valence-corrected chi connectivity index (χ2v) is 5.40. The van der Waals surface area contributed by atoms with Crippen LogP contribution in [0.3, 0.4) is 0 Å². The summed E-state index contributed by atoms with van der Waals surface area (Å²) in [7, 11) is 4.66. The molecule has 0 aliphatic heterocycles. The molecule has 15 heavy (non-hydrogen) atoms. The van der Waals surface area contributed by atoms with Crippen LogP contribution in [0.5, 0.6) is 0 Å². The first kappa shape index (κ1) is 14.7. The lowest BCUT2D eigenvalue weighted by molar-refractivity contribution is -0.885. The predicted octanol–water partition coefficient (Wildman–Crippen LogP) is 3.86. The first-order valence-electron chi connectivity index (χ1n) is 6.48. The van der Waals surface area contributed by atoms with E-state index in [2.05, 4.69) is 47.0 Å². The lowest BCUT2D eigenvalue weighted by Gasteiger charge is -2.29. The number of hydrogen-bond donors (Lipinski definition) is 0. The van der Waals surface area contributed by atoms with E-state index in [1.807, 2.05) is 0 Å². The van der Waals surface area contributed by atoms with Crippen molar-refractivity contribution in [2.24, 2.45) is 5.92 Å². The summed E-state index contributed by atoms with van der Waals surface area (Å²) >= 11 is 0. The summed E-state index contributed by atoms with van der Waals surface area (Å²) < 4.78 is 1.13. The molecule has 1 nitrogen and oxygen atoms in total. The van der Waals surface area contributed by atoms with E-state index >= 15 is 0 Å². The van der Waals surface area contributed by atoms with Crippen molar-refractivity contribution in [3.8, 4) is 0 Å². The van der Waals surface area contributed by atoms with Gasteiger partial charge in [-0.1, -0.05) is 39.7 Å². The third kappa shape index (κ3) is 8.68. The van der Waals surface area contributed by atoms with Crippen LogP contribution in [0, 0.1) is 5.92 Å². The Morgan fingerprint density at radius 3 is 2.33 bits per heavy atom. The second-order valence-electron chi connectivity index (χ2n) is 5.40. The Kier molecular flexibility index (Phi) is 7.76. The molecule has 0 fully saturated rings. The van der Waals surface area contributed by atoms with E-state index in [4.69, 9.17) is 0 Å². The summed E-state index contributed by atoms with van der Waals surface area (Å²) in [5.41, 5.74) is 0. The number of likely N-dealkylation sites (N-methyl/N-ethyl adjacent to an activating group) is 1. The molecule has 0 spiro atoms. The minimum Gasteiger partial charge on any atom is -0.325 e. The molecule has 1 atom stereocenters.